The molecule has 0 unspecified atom stereocenters. The highest BCUT2D eigenvalue weighted by Gasteiger charge is 2.29. The fraction of sp³-hybridized carbons (Fsp3) is 0.600. The van der Waals surface area contributed by atoms with E-state index in [1.54, 1.807) is 0 Å². The highest BCUT2D eigenvalue weighted by molar-refractivity contribution is 5.80. The molecule has 1 fully saturated rings. The number of carbonyl (C=O) groups is 1. The molecule has 1 aromatic rings. The monoisotopic (exact) mass is 193 g/mol. The van der Waals surface area contributed by atoms with Crippen LogP contribution in [0.5, 0.6) is 0 Å². The lowest BCUT2D eigenvalue weighted by atomic mass is 10.3. The summed E-state index contributed by atoms with van der Waals surface area (Å²) in [5, 5.41) is 7.17. The Morgan fingerprint density at radius 3 is 3.07 bits per heavy atom. The maximum Gasteiger partial charge on any atom is 0.223 e. The van der Waals surface area contributed by atoms with Crippen LogP contribution in [0.4, 0.5) is 0 Å². The zero-order valence-corrected chi connectivity index (χ0v) is 8.36. The molecule has 1 amide bonds. The Morgan fingerprint density at radius 1 is 1.71 bits per heavy atom. The van der Waals surface area contributed by atoms with Gasteiger partial charge in [0, 0.05) is 18.7 Å². The van der Waals surface area contributed by atoms with Crippen LogP contribution < -0.4 is 5.32 Å². The van der Waals surface area contributed by atoms with Gasteiger partial charge in [-0.25, -0.2) is 0 Å². The fourth-order valence-corrected chi connectivity index (χ4v) is 1.34. The summed E-state index contributed by atoms with van der Waals surface area (Å²) in [6.45, 7) is 3.47. The van der Waals surface area contributed by atoms with E-state index >= 15 is 0 Å². The van der Waals surface area contributed by atoms with Crippen molar-refractivity contribution in [2.75, 3.05) is 0 Å². The van der Waals surface area contributed by atoms with E-state index in [1.165, 1.54) is 0 Å². The van der Waals surface area contributed by atoms with Crippen LogP contribution in [0.3, 0.4) is 0 Å². The number of hydrogen-bond acceptors (Lipinski definition) is 2. The van der Waals surface area contributed by atoms with Gasteiger partial charge in [-0.1, -0.05) is 0 Å². The molecule has 14 heavy (non-hydrogen) atoms. The summed E-state index contributed by atoms with van der Waals surface area (Å²) < 4.78 is 1.86. The summed E-state index contributed by atoms with van der Waals surface area (Å²) in [6.07, 6.45) is 4.03. The van der Waals surface area contributed by atoms with Gasteiger partial charge < -0.3 is 5.32 Å². The van der Waals surface area contributed by atoms with Crippen molar-refractivity contribution in [1.82, 2.24) is 15.1 Å². The molecule has 0 aliphatic heterocycles. The summed E-state index contributed by atoms with van der Waals surface area (Å²) in [7, 11) is 0. The zero-order chi connectivity index (χ0) is 9.97. The van der Waals surface area contributed by atoms with Crippen molar-refractivity contribution in [3.63, 3.8) is 0 Å². The summed E-state index contributed by atoms with van der Waals surface area (Å²) in [6, 6.07) is 1.94. The van der Waals surface area contributed by atoms with Gasteiger partial charge in [-0.05, 0) is 25.8 Å². The van der Waals surface area contributed by atoms with Gasteiger partial charge in [0.2, 0.25) is 5.91 Å². The smallest absolute Gasteiger partial charge is 0.223 e. The highest BCUT2D eigenvalue weighted by atomic mass is 16.2. The lowest BCUT2D eigenvalue weighted by Crippen LogP contribution is -2.24. The molecular formula is C10H15N3O. The van der Waals surface area contributed by atoms with E-state index in [2.05, 4.69) is 10.4 Å². The Hall–Kier alpha value is -1.32. The second-order valence-corrected chi connectivity index (χ2v) is 3.65. The molecule has 1 aliphatic carbocycles. The summed E-state index contributed by atoms with van der Waals surface area (Å²) in [5.41, 5.74) is 0.931. The molecule has 0 aromatic carbocycles. The number of rotatable bonds is 4. The lowest BCUT2D eigenvalue weighted by molar-refractivity contribution is -0.122. The largest absolute Gasteiger partial charge is 0.350 e. The van der Waals surface area contributed by atoms with Crippen molar-refractivity contribution in [3.05, 3.63) is 18.0 Å². The maximum absolute atomic E-state index is 11.3. The van der Waals surface area contributed by atoms with Crippen molar-refractivity contribution in [2.24, 2.45) is 5.92 Å². The SMILES string of the molecule is CCn1ccc(CNC(=O)C2CC2)n1. The standard InChI is InChI=1S/C10H15N3O/c1-2-13-6-5-9(12-13)7-11-10(14)8-3-4-8/h5-6,8H,2-4,7H2,1H3,(H,11,14). The minimum atomic E-state index is 0.177. The molecule has 0 bridgehead atoms. The molecule has 4 heteroatoms. The number of nitrogens with zero attached hydrogens (tertiary/aromatic N) is 2. The number of aromatic nitrogens is 2. The summed E-state index contributed by atoms with van der Waals surface area (Å²) >= 11 is 0. The Labute approximate surface area is 83.3 Å². The van der Waals surface area contributed by atoms with Crippen LogP contribution >= 0.6 is 0 Å². The minimum absolute atomic E-state index is 0.177. The second-order valence-electron chi connectivity index (χ2n) is 3.65. The van der Waals surface area contributed by atoms with Crippen LogP contribution in [0.15, 0.2) is 12.3 Å². The van der Waals surface area contributed by atoms with Crippen LogP contribution in [-0.4, -0.2) is 15.7 Å². The van der Waals surface area contributed by atoms with Gasteiger partial charge >= 0.3 is 0 Å². The van der Waals surface area contributed by atoms with Crippen LogP contribution in [0.25, 0.3) is 0 Å². The first-order chi connectivity index (χ1) is 6.79. The van der Waals surface area contributed by atoms with E-state index in [0.29, 0.717) is 6.54 Å². The lowest BCUT2D eigenvalue weighted by Gasteiger charge is -2.00. The van der Waals surface area contributed by atoms with E-state index in [4.69, 9.17) is 0 Å². The Bertz CT molecular complexity index is 328. The molecule has 0 atom stereocenters. The molecule has 1 saturated carbocycles. The van der Waals surface area contributed by atoms with E-state index in [9.17, 15) is 4.79 Å². The Balaban J connectivity index is 1.81. The van der Waals surface area contributed by atoms with Crippen LogP contribution in [-0.2, 0) is 17.9 Å². The fourth-order valence-electron chi connectivity index (χ4n) is 1.34. The van der Waals surface area contributed by atoms with Crippen molar-refractivity contribution < 1.29 is 4.79 Å². The molecule has 76 valence electrons. The second kappa shape index (κ2) is 3.82. The van der Waals surface area contributed by atoms with Crippen LogP contribution in [0.2, 0.25) is 0 Å². The predicted molar refractivity (Wildman–Crippen MR) is 52.5 cm³/mol. The number of amides is 1. The molecule has 2 rings (SSSR count). The zero-order valence-electron chi connectivity index (χ0n) is 8.36. The molecule has 1 aromatic heterocycles. The molecule has 0 radical (unpaired) electrons. The van der Waals surface area contributed by atoms with Gasteiger partial charge in [-0.3, -0.25) is 9.48 Å². The Kier molecular flexibility index (Phi) is 2.52. The number of carbonyl (C=O) groups excluding carboxylic acids is 1. The van der Waals surface area contributed by atoms with E-state index in [-0.39, 0.29) is 11.8 Å². The molecule has 4 nitrogen and oxygen atoms in total. The number of nitrogens with one attached hydrogen (secondary N) is 1. The highest BCUT2D eigenvalue weighted by Crippen LogP contribution is 2.28. The third-order valence-electron chi connectivity index (χ3n) is 2.41. The summed E-state index contributed by atoms with van der Waals surface area (Å²) in [5.74, 6) is 0.458. The van der Waals surface area contributed by atoms with Crippen molar-refractivity contribution in [1.29, 1.82) is 0 Å². The molecule has 0 spiro atoms. The average molecular weight is 193 g/mol. The first-order valence-electron chi connectivity index (χ1n) is 5.09. The van der Waals surface area contributed by atoms with Crippen molar-refractivity contribution in [3.8, 4) is 0 Å². The topological polar surface area (TPSA) is 46.9 Å². The van der Waals surface area contributed by atoms with Gasteiger partial charge in [0.1, 0.15) is 0 Å². The predicted octanol–water partition coefficient (Wildman–Crippen LogP) is 0.929. The van der Waals surface area contributed by atoms with E-state index in [1.807, 2.05) is 23.9 Å². The molecule has 0 saturated heterocycles. The Morgan fingerprint density at radius 2 is 2.50 bits per heavy atom. The van der Waals surface area contributed by atoms with Crippen molar-refractivity contribution >= 4 is 5.91 Å². The van der Waals surface area contributed by atoms with Gasteiger partial charge in [0.05, 0.1) is 12.2 Å². The van der Waals surface area contributed by atoms with Gasteiger partial charge in [0.25, 0.3) is 0 Å². The number of aryl methyl sites for hydroxylation is 1. The summed E-state index contributed by atoms with van der Waals surface area (Å²) in [4.78, 5) is 11.3. The van der Waals surface area contributed by atoms with Crippen molar-refractivity contribution in [2.45, 2.75) is 32.9 Å². The van der Waals surface area contributed by atoms with Gasteiger partial charge in [-0.15, -0.1) is 0 Å². The molecule has 1 heterocycles. The van der Waals surface area contributed by atoms with Gasteiger partial charge in [-0.2, -0.15) is 5.10 Å². The minimum Gasteiger partial charge on any atom is -0.350 e. The van der Waals surface area contributed by atoms with Gasteiger partial charge in [0.15, 0.2) is 0 Å². The third kappa shape index (κ3) is 2.13. The average Bonchev–Trinajstić information content (AvgIpc) is 2.94. The van der Waals surface area contributed by atoms with E-state index in [0.717, 1.165) is 25.1 Å². The maximum atomic E-state index is 11.3. The molecule has 1 aliphatic rings. The normalized spacial score (nSPS) is 15.5. The number of hydrogen-bond donors (Lipinski definition) is 1. The van der Waals surface area contributed by atoms with E-state index < -0.39 is 0 Å². The van der Waals surface area contributed by atoms with Crippen LogP contribution in [0, 0.1) is 5.92 Å². The first kappa shape index (κ1) is 9.24. The molecule has 1 N–H and O–H groups in total. The third-order valence-corrected chi connectivity index (χ3v) is 2.41. The first-order valence-corrected chi connectivity index (χ1v) is 5.09. The van der Waals surface area contributed by atoms with Crippen LogP contribution in [0.1, 0.15) is 25.5 Å². The molecular weight excluding hydrogens is 178 g/mol. The quantitative estimate of drug-likeness (QED) is 0.773.